The maximum atomic E-state index is 13.2. The summed E-state index contributed by atoms with van der Waals surface area (Å²) < 4.78 is 25.2. The smallest absolute Gasteiger partial charge is 0.123 e. The summed E-state index contributed by atoms with van der Waals surface area (Å²) in [6, 6.07) is 10.4. The molecule has 21 heavy (non-hydrogen) atoms. The lowest BCUT2D eigenvalue weighted by Crippen LogP contribution is -2.24. The fraction of sp³-hybridized carbons (Fsp3) is 0.250. The molecule has 0 saturated carbocycles. The summed E-state index contributed by atoms with van der Waals surface area (Å²) in [6.07, 6.45) is 0.710. The van der Waals surface area contributed by atoms with Crippen LogP contribution in [0.1, 0.15) is 5.56 Å². The van der Waals surface area contributed by atoms with Crippen molar-refractivity contribution in [3.05, 3.63) is 52.3 Å². The molecular formula is C16H15BrFNO2. The lowest BCUT2D eigenvalue weighted by molar-refractivity contribution is 0.246. The van der Waals surface area contributed by atoms with Crippen molar-refractivity contribution in [3.63, 3.8) is 0 Å². The summed E-state index contributed by atoms with van der Waals surface area (Å²) in [5.41, 5.74) is 1.87. The number of benzene rings is 2. The van der Waals surface area contributed by atoms with Crippen molar-refractivity contribution in [2.45, 2.75) is 12.5 Å². The van der Waals surface area contributed by atoms with Gasteiger partial charge in [-0.1, -0.05) is 0 Å². The van der Waals surface area contributed by atoms with E-state index in [1.165, 1.54) is 12.1 Å². The predicted octanol–water partition coefficient (Wildman–Crippen LogP) is 4.01. The van der Waals surface area contributed by atoms with E-state index in [1.807, 2.05) is 18.2 Å². The fourth-order valence-corrected chi connectivity index (χ4v) is 2.78. The molecule has 5 heteroatoms. The molecule has 0 aliphatic carbocycles. The standard InChI is InChI=1S/C16H15BrFNO2/c1-20-12-3-4-14(17)15(8-12)19-9-13-7-10-6-11(18)2-5-16(10)21-13/h2-6,8,13,19H,7,9H2,1H3. The summed E-state index contributed by atoms with van der Waals surface area (Å²) in [5.74, 6) is 1.34. The number of nitrogens with one attached hydrogen (secondary N) is 1. The largest absolute Gasteiger partial charge is 0.497 e. The molecule has 0 fully saturated rings. The molecule has 0 amide bonds. The second-order valence-electron chi connectivity index (χ2n) is 4.92. The van der Waals surface area contributed by atoms with Crippen molar-refractivity contribution in [3.8, 4) is 11.5 Å². The highest BCUT2D eigenvalue weighted by Gasteiger charge is 2.23. The van der Waals surface area contributed by atoms with Crippen LogP contribution >= 0.6 is 15.9 Å². The number of ether oxygens (including phenoxy) is 2. The molecule has 0 saturated heterocycles. The van der Waals surface area contributed by atoms with Crippen molar-refractivity contribution in [1.29, 1.82) is 0 Å². The number of hydrogen-bond donors (Lipinski definition) is 1. The molecule has 2 aromatic carbocycles. The van der Waals surface area contributed by atoms with Crippen LogP contribution in [0.5, 0.6) is 11.5 Å². The van der Waals surface area contributed by atoms with Crippen molar-refractivity contribution in [2.24, 2.45) is 0 Å². The Morgan fingerprint density at radius 3 is 3.00 bits per heavy atom. The lowest BCUT2D eigenvalue weighted by Gasteiger charge is -2.14. The van der Waals surface area contributed by atoms with E-state index in [0.29, 0.717) is 13.0 Å². The maximum absolute atomic E-state index is 13.2. The van der Waals surface area contributed by atoms with Crippen LogP contribution in [0, 0.1) is 5.82 Å². The van der Waals surface area contributed by atoms with Gasteiger partial charge in [-0.2, -0.15) is 0 Å². The van der Waals surface area contributed by atoms with Gasteiger partial charge in [0.2, 0.25) is 0 Å². The molecule has 3 rings (SSSR count). The first-order valence-electron chi connectivity index (χ1n) is 6.68. The number of fused-ring (bicyclic) bond motifs is 1. The third kappa shape index (κ3) is 3.13. The Labute approximate surface area is 131 Å². The van der Waals surface area contributed by atoms with Crippen molar-refractivity contribution < 1.29 is 13.9 Å². The summed E-state index contributed by atoms with van der Waals surface area (Å²) in [4.78, 5) is 0. The molecule has 1 aliphatic heterocycles. The van der Waals surface area contributed by atoms with Crippen LogP contribution in [0.25, 0.3) is 0 Å². The van der Waals surface area contributed by atoms with Crippen molar-refractivity contribution in [2.75, 3.05) is 19.0 Å². The second-order valence-corrected chi connectivity index (χ2v) is 5.78. The quantitative estimate of drug-likeness (QED) is 0.902. The first-order valence-corrected chi connectivity index (χ1v) is 7.47. The minimum atomic E-state index is -0.221. The molecule has 0 bridgehead atoms. The first kappa shape index (κ1) is 14.2. The third-order valence-electron chi connectivity index (χ3n) is 3.46. The van der Waals surface area contributed by atoms with Gasteiger partial charge in [0, 0.05) is 22.5 Å². The third-order valence-corrected chi connectivity index (χ3v) is 4.15. The van der Waals surface area contributed by atoms with Crippen LogP contribution in [0.3, 0.4) is 0 Å². The zero-order chi connectivity index (χ0) is 14.8. The van der Waals surface area contributed by atoms with Crippen molar-refractivity contribution >= 4 is 21.6 Å². The summed E-state index contributed by atoms with van der Waals surface area (Å²) >= 11 is 3.50. The molecule has 1 aliphatic rings. The highest BCUT2D eigenvalue weighted by atomic mass is 79.9. The van der Waals surface area contributed by atoms with Gasteiger partial charge in [0.25, 0.3) is 0 Å². The van der Waals surface area contributed by atoms with E-state index < -0.39 is 0 Å². The molecule has 2 aromatic rings. The minimum absolute atomic E-state index is 0.0000916. The first-order chi connectivity index (χ1) is 10.2. The molecule has 1 unspecified atom stereocenters. The van der Waals surface area contributed by atoms with E-state index in [-0.39, 0.29) is 11.9 Å². The monoisotopic (exact) mass is 351 g/mol. The van der Waals surface area contributed by atoms with E-state index in [9.17, 15) is 4.39 Å². The number of hydrogen-bond acceptors (Lipinski definition) is 3. The second kappa shape index (κ2) is 5.93. The number of methoxy groups -OCH3 is 1. The predicted molar refractivity (Wildman–Crippen MR) is 83.7 cm³/mol. The fourth-order valence-electron chi connectivity index (χ4n) is 2.39. The van der Waals surface area contributed by atoms with Gasteiger partial charge in [-0.25, -0.2) is 4.39 Å². The van der Waals surface area contributed by atoms with E-state index >= 15 is 0 Å². The van der Waals surface area contributed by atoms with Gasteiger partial charge >= 0.3 is 0 Å². The molecule has 1 N–H and O–H groups in total. The Kier molecular flexibility index (Phi) is 4.01. The molecule has 1 atom stereocenters. The van der Waals surface area contributed by atoms with Gasteiger partial charge in [-0.15, -0.1) is 0 Å². The Bertz CT molecular complexity index is 663. The highest BCUT2D eigenvalue weighted by molar-refractivity contribution is 9.10. The average molecular weight is 352 g/mol. The zero-order valence-electron chi connectivity index (χ0n) is 11.5. The lowest BCUT2D eigenvalue weighted by atomic mass is 10.1. The SMILES string of the molecule is COc1ccc(Br)c(NCC2Cc3cc(F)ccc3O2)c1. The highest BCUT2D eigenvalue weighted by Crippen LogP contribution is 2.31. The topological polar surface area (TPSA) is 30.5 Å². The van der Waals surface area contributed by atoms with Crippen LogP contribution in [0.2, 0.25) is 0 Å². The van der Waals surface area contributed by atoms with Crippen LogP contribution < -0.4 is 14.8 Å². The number of anilines is 1. The van der Waals surface area contributed by atoms with Gasteiger partial charge in [0.15, 0.2) is 0 Å². The van der Waals surface area contributed by atoms with Crippen LogP contribution in [0.4, 0.5) is 10.1 Å². The molecule has 0 radical (unpaired) electrons. The summed E-state index contributed by atoms with van der Waals surface area (Å²) in [5, 5.41) is 3.33. The van der Waals surface area contributed by atoms with Gasteiger partial charge < -0.3 is 14.8 Å². The van der Waals surface area contributed by atoms with E-state index in [0.717, 1.165) is 27.2 Å². The normalized spacial score (nSPS) is 16.2. The Balaban J connectivity index is 1.65. The van der Waals surface area contributed by atoms with Crippen LogP contribution in [-0.2, 0) is 6.42 Å². The molecular weight excluding hydrogens is 337 g/mol. The van der Waals surface area contributed by atoms with Gasteiger partial charge in [-0.3, -0.25) is 0 Å². The van der Waals surface area contributed by atoms with Gasteiger partial charge in [0.1, 0.15) is 23.4 Å². The molecule has 0 aromatic heterocycles. The number of halogens is 2. The Morgan fingerprint density at radius 2 is 2.19 bits per heavy atom. The Morgan fingerprint density at radius 1 is 1.33 bits per heavy atom. The van der Waals surface area contributed by atoms with Gasteiger partial charge in [-0.05, 0) is 46.3 Å². The van der Waals surface area contributed by atoms with Crippen molar-refractivity contribution in [1.82, 2.24) is 0 Å². The molecule has 3 nitrogen and oxygen atoms in total. The average Bonchev–Trinajstić information content (AvgIpc) is 2.88. The molecule has 0 spiro atoms. The molecule has 110 valence electrons. The van der Waals surface area contributed by atoms with E-state index in [2.05, 4.69) is 21.2 Å². The van der Waals surface area contributed by atoms with Gasteiger partial charge in [0.05, 0.1) is 19.3 Å². The maximum Gasteiger partial charge on any atom is 0.123 e. The summed E-state index contributed by atoms with van der Waals surface area (Å²) in [6.45, 7) is 0.641. The van der Waals surface area contributed by atoms with Crippen LogP contribution in [-0.4, -0.2) is 19.8 Å². The summed E-state index contributed by atoms with van der Waals surface area (Å²) in [7, 11) is 1.64. The van der Waals surface area contributed by atoms with E-state index in [1.54, 1.807) is 13.2 Å². The van der Waals surface area contributed by atoms with Crippen LogP contribution in [0.15, 0.2) is 40.9 Å². The molecule has 1 heterocycles. The zero-order valence-corrected chi connectivity index (χ0v) is 13.1. The van der Waals surface area contributed by atoms with E-state index in [4.69, 9.17) is 9.47 Å². The Hall–Kier alpha value is -1.75. The minimum Gasteiger partial charge on any atom is -0.497 e. The number of rotatable bonds is 4.